The number of nitrogens with one attached hydrogen (secondary N) is 1. The Hall–Kier alpha value is -1.69. The smallest absolute Gasteiger partial charge is 0.227 e. The van der Waals surface area contributed by atoms with Crippen LogP contribution in [0.1, 0.15) is 51.5 Å². The lowest BCUT2D eigenvalue weighted by atomic mass is 9.91. The van der Waals surface area contributed by atoms with Crippen LogP contribution in [0.3, 0.4) is 0 Å². The van der Waals surface area contributed by atoms with E-state index in [2.05, 4.69) is 5.32 Å². The second-order valence-corrected chi connectivity index (χ2v) is 8.16. The van der Waals surface area contributed by atoms with Gasteiger partial charge in [-0.2, -0.15) is 0 Å². The lowest BCUT2D eigenvalue weighted by Gasteiger charge is -2.31. The maximum absolute atomic E-state index is 14.3. The Morgan fingerprint density at radius 2 is 1.93 bits per heavy atom. The molecule has 1 saturated carbocycles. The van der Waals surface area contributed by atoms with Crippen LogP contribution in [0.25, 0.3) is 0 Å². The number of nitrogens with zero attached hydrogens (tertiary/aromatic N) is 1. The van der Waals surface area contributed by atoms with Crippen LogP contribution in [0.4, 0.5) is 8.78 Å². The van der Waals surface area contributed by atoms with Gasteiger partial charge in [0.05, 0.1) is 13.0 Å². The number of hydrogen-bond acceptors (Lipinski definition) is 3. The average Bonchev–Trinajstić information content (AvgIpc) is 3.45. The van der Waals surface area contributed by atoms with Gasteiger partial charge >= 0.3 is 0 Å². The molecule has 1 amide bonds. The van der Waals surface area contributed by atoms with Crippen molar-refractivity contribution >= 4 is 5.91 Å². The molecule has 0 spiro atoms. The van der Waals surface area contributed by atoms with Gasteiger partial charge in [0, 0.05) is 30.8 Å². The molecule has 2 aliphatic heterocycles. The van der Waals surface area contributed by atoms with Crippen LogP contribution in [0.2, 0.25) is 0 Å². The number of ether oxygens (including phenoxy) is 1. The normalized spacial score (nSPS) is 23.7. The van der Waals surface area contributed by atoms with E-state index in [0.29, 0.717) is 12.5 Å². The summed E-state index contributed by atoms with van der Waals surface area (Å²) in [6, 6.07) is 2.04. The van der Waals surface area contributed by atoms with Gasteiger partial charge < -0.3 is 15.0 Å². The van der Waals surface area contributed by atoms with E-state index < -0.39 is 11.6 Å². The first-order valence-electron chi connectivity index (χ1n) is 11.2. The summed E-state index contributed by atoms with van der Waals surface area (Å²) in [4.78, 5) is 13.9. The number of rotatable bonds is 7. The predicted molar refractivity (Wildman–Crippen MR) is 110 cm³/mol. The van der Waals surface area contributed by atoms with Gasteiger partial charge in [-0.05, 0) is 62.9 Å². The van der Waals surface area contributed by atoms with Crippen molar-refractivity contribution in [2.75, 3.05) is 32.8 Å². The molecule has 0 radical (unpaired) electrons. The summed E-state index contributed by atoms with van der Waals surface area (Å²) in [5.74, 6) is 0.961. The Labute approximate surface area is 173 Å². The lowest BCUT2D eigenvalue weighted by Crippen LogP contribution is -2.43. The monoisotopic (exact) mass is 408 g/mol. The minimum Gasteiger partial charge on any atom is -0.493 e. The summed E-state index contributed by atoms with van der Waals surface area (Å²) in [5.41, 5.74) is 0.180. The van der Waals surface area contributed by atoms with Gasteiger partial charge in [-0.1, -0.05) is 13.8 Å². The predicted octanol–water partition coefficient (Wildman–Crippen LogP) is 4.17. The second-order valence-electron chi connectivity index (χ2n) is 8.16. The van der Waals surface area contributed by atoms with E-state index in [1.807, 2.05) is 13.8 Å². The van der Waals surface area contributed by atoms with Crippen LogP contribution < -0.4 is 10.1 Å². The SMILES string of the molecule is CC.O=C(Cc1c(F)cc(F)cc1OCC[C@@H]1C[C@H]1C1CCNCC1)N1CCC1. The molecule has 2 atom stereocenters. The Balaban J connectivity index is 0.00000117. The third kappa shape index (κ3) is 5.68. The largest absolute Gasteiger partial charge is 0.493 e. The van der Waals surface area contributed by atoms with Crippen LogP contribution >= 0.6 is 0 Å². The van der Waals surface area contributed by atoms with Gasteiger partial charge in [0.15, 0.2) is 0 Å². The summed E-state index contributed by atoms with van der Waals surface area (Å²) < 4.78 is 33.7. The van der Waals surface area contributed by atoms with E-state index in [1.54, 1.807) is 4.90 Å². The molecule has 4 rings (SSSR count). The van der Waals surface area contributed by atoms with Crippen LogP contribution in [-0.4, -0.2) is 43.6 Å². The highest BCUT2D eigenvalue weighted by Gasteiger charge is 2.42. The van der Waals surface area contributed by atoms with Gasteiger partial charge in [-0.3, -0.25) is 4.79 Å². The van der Waals surface area contributed by atoms with Crippen molar-refractivity contribution in [2.45, 2.75) is 52.4 Å². The molecule has 0 bridgehead atoms. The second kappa shape index (κ2) is 10.4. The Kier molecular flexibility index (Phi) is 7.87. The van der Waals surface area contributed by atoms with Crippen LogP contribution in [0.5, 0.6) is 5.75 Å². The molecular weight excluding hydrogens is 374 g/mol. The first-order chi connectivity index (χ1) is 14.1. The Morgan fingerprint density at radius 1 is 1.21 bits per heavy atom. The zero-order valence-corrected chi connectivity index (χ0v) is 17.7. The molecule has 1 aromatic rings. The van der Waals surface area contributed by atoms with Gasteiger partial charge in [0.2, 0.25) is 5.91 Å². The molecular formula is C23H34F2N2O2. The number of halogens is 2. The van der Waals surface area contributed by atoms with Crippen LogP contribution in [0.15, 0.2) is 12.1 Å². The highest BCUT2D eigenvalue weighted by molar-refractivity contribution is 5.80. The zero-order chi connectivity index (χ0) is 20.8. The van der Waals surface area contributed by atoms with Crippen molar-refractivity contribution in [3.05, 3.63) is 29.3 Å². The first kappa shape index (κ1) is 22.0. The van der Waals surface area contributed by atoms with E-state index in [4.69, 9.17) is 4.74 Å². The van der Waals surface area contributed by atoms with Crippen molar-refractivity contribution in [3.8, 4) is 5.75 Å². The summed E-state index contributed by atoms with van der Waals surface area (Å²) in [7, 11) is 0. The standard InChI is InChI=1S/C21H28F2N2O2.C2H6/c22-16-11-19(23)18(13-21(26)25-7-1-8-25)20(12-16)27-9-4-15-10-17(15)14-2-5-24-6-3-14;1-2/h11-12,14-15,17,24H,1-10,13H2;1-2H3/t15-,17+;/m1./s1. The maximum Gasteiger partial charge on any atom is 0.227 e. The van der Waals surface area contributed by atoms with Crippen LogP contribution in [-0.2, 0) is 11.2 Å². The lowest BCUT2D eigenvalue weighted by molar-refractivity contribution is -0.133. The molecule has 2 heterocycles. The number of piperidine rings is 1. The third-order valence-electron chi connectivity index (χ3n) is 6.37. The summed E-state index contributed by atoms with van der Waals surface area (Å²) >= 11 is 0. The minimum absolute atomic E-state index is 0.0669. The first-order valence-corrected chi connectivity index (χ1v) is 11.2. The quantitative estimate of drug-likeness (QED) is 0.736. The minimum atomic E-state index is -0.696. The Morgan fingerprint density at radius 3 is 2.59 bits per heavy atom. The molecule has 1 N–H and O–H groups in total. The summed E-state index contributed by atoms with van der Waals surface area (Å²) in [6.45, 7) is 8.11. The zero-order valence-electron chi connectivity index (χ0n) is 17.7. The highest BCUT2D eigenvalue weighted by atomic mass is 19.1. The fourth-order valence-electron chi connectivity index (χ4n) is 4.48. The van der Waals surface area contributed by atoms with Crippen molar-refractivity contribution in [1.82, 2.24) is 10.2 Å². The number of amides is 1. The summed E-state index contributed by atoms with van der Waals surface area (Å²) in [6.07, 6.45) is 5.57. The molecule has 0 unspecified atom stereocenters. The van der Waals surface area contributed by atoms with E-state index in [1.165, 1.54) is 25.3 Å². The summed E-state index contributed by atoms with van der Waals surface area (Å²) in [5, 5.41) is 3.40. The van der Waals surface area contributed by atoms with Crippen molar-refractivity contribution in [3.63, 3.8) is 0 Å². The van der Waals surface area contributed by atoms with Crippen molar-refractivity contribution in [1.29, 1.82) is 0 Å². The topological polar surface area (TPSA) is 41.6 Å². The van der Waals surface area contributed by atoms with Gasteiger partial charge in [-0.25, -0.2) is 8.78 Å². The van der Waals surface area contributed by atoms with Gasteiger partial charge in [0.25, 0.3) is 0 Å². The number of benzene rings is 1. The Bertz CT molecular complexity index is 688. The number of carbonyl (C=O) groups excluding carboxylic acids is 1. The van der Waals surface area contributed by atoms with E-state index in [0.717, 1.165) is 56.9 Å². The molecule has 162 valence electrons. The van der Waals surface area contributed by atoms with Crippen LogP contribution in [0, 0.1) is 29.4 Å². The van der Waals surface area contributed by atoms with Crippen molar-refractivity contribution < 1.29 is 18.3 Å². The molecule has 29 heavy (non-hydrogen) atoms. The molecule has 0 aromatic heterocycles. The van der Waals surface area contributed by atoms with Gasteiger partial charge in [0.1, 0.15) is 17.4 Å². The van der Waals surface area contributed by atoms with E-state index >= 15 is 0 Å². The average molecular weight is 409 g/mol. The fraction of sp³-hybridized carbons (Fsp3) is 0.696. The number of hydrogen-bond donors (Lipinski definition) is 1. The molecule has 1 aromatic carbocycles. The van der Waals surface area contributed by atoms with E-state index in [9.17, 15) is 13.6 Å². The van der Waals surface area contributed by atoms with Crippen molar-refractivity contribution in [2.24, 2.45) is 17.8 Å². The molecule has 2 saturated heterocycles. The molecule has 3 aliphatic rings. The molecule has 1 aliphatic carbocycles. The molecule has 4 nitrogen and oxygen atoms in total. The fourth-order valence-corrected chi connectivity index (χ4v) is 4.48. The molecule has 3 fully saturated rings. The number of likely N-dealkylation sites (tertiary alicyclic amines) is 1. The van der Waals surface area contributed by atoms with E-state index in [-0.39, 0.29) is 23.6 Å². The van der Waals surface area contributed by atoms with Gasteiger partial charge in [-0.15, -0.1) is 0 Å². The molecule has 6 heteroatoms. The maximum atomic E-state index is 14.3. The number of carbonyl (C=O) groups is 1. The third-order valence-corrected chi connectivity index (χ3v) is 6.37. The highest BCUT2D eigenvalue weighted by Crippen LogP contribution is 2.49.